The number of halogens is 1. The van der Waals surface area contributed by atoms with E-state index < -0.39 is 5.82 Å². The maximum absolute atomic E-state index is 12.9. The summed E-state index contributed by atoms with van der Waals surface area (Å²) in [5.41, 5.74) is 0.994. The second kappa shape index (κ2) is 7.64. The molecule has 0 saturated heterocycles. The molecule has 0 aliphatic rings. The molecule has 0 heterocycles. The van der Waals surface area contributed by atoms with Crippen molar-refractivity contribution in [2.45, 2.75) is 0 Å². The van der Waals surface area contributed by atoms with Crippen molar-refractivity contribution >= 4 is 5.69 Å². The Morgan fingerprint density at radius 1 is 1.44 bits per heavy atom. The van der Waals surface area contributed by atoms with E-state index in [2.05, 4.69) is 10.2 Å². The maximum Gasteiger partial charge on any atom is 0.124 e. The molecule has 0 radical (unpaired) electrons. The van der Waals surface area contributed by atoms with E-state index in [1.807, 2.05) is 13.1 Å². The van der Waals surface area contributed by atoms with Gasteiger partial charge in [-0.15, -0.1) is 0 Å². The van der Waals surface area contributed by atoms with Gasteiger partial charge in [0, 0.05) is 26.7 Å². The highest BCUT2D eigenvalue weighted by Crippen LogP contribution is 2.15. The van der Waals surface area contributed by atoms with Crippen molar-refractivity contribution in [3.63, 3.8) is 0 Å². The lowest BCUT2D eigenvalue weighted by molar-refractivity contribution is 0.163. The zero-order chi connectivity index (χ0) is 13.4. The topological polar surface area (TPSA) is 48.3 Å². The summed E-state index contributed by atoms with van der Waals surface area (Å²) in [6.45, 7) is 3.06. The van der Waals surface area contributed by atoms with E-state index in [1.165, 1.54) is 12.1 Å². The van der Waals surface area contributed by atoms with E-state index in [0.29, 0.717) is 24.4 Å². The molecule has 4 nitrogen and oxygen atoms in total. The zero-order valence-electron chi connectivity index (χ0n) is 10.7. The van der Waals surface area contributed by atoms with E-state index in [1.54, 1.807) is 13.2 Å². The summed E-state index contributed by atoms with van der Waals surface area (Å²) in [6.07, 6.45) is 0. The fourth-order valence-electron chi connectivity index (χ4n) is 1.50. The highest BCUT2D eigenvalue weighted by Gasteiger charge is 2.03. The molecular weight excluding hydrogens is 233 g/mol. The van der Waals surface area contributed by atoms with Gasteiger partial charge in [0.1, 0.15) is 11.9 Å². The van der Waals surface area contributed by atoms with E-state index in [-0.39, 0.29) is 0 Å². The van der Waals surface area contributed by atoms with Crippen molar-refractivity contribution < 1.29 is 9.13 Å². The van der Waals surface area contributed by atoms with Crippen LogP contribution >= 0.6 is 0 Å². The lowest BCUT2D eigenvalue weighted by Crippen LogP contribution is -2.28. The molecule has 0 fully saturated rings. The van der Waals surface area contributed by atoms with Gasteiger partial charge in [-0.2, -0.15) is 5.26 Å². The summed E-state index contributed by atoms with van der Waals surface area (Å²) in [5.74, 6) is -0.394. The molecule has 1 aromatic carbocycles. The average molecular weight is 251 g/mol. The molecule has 0 bridgehead atoms. The van der Waals surface area contributed by atoms with Crippen LogP contribution in [0.15, 0.2) is 18.2 Å². The van der Waals surface area contributed by atoms with Gasteiger partial charge in [0.15, 0.2) is 0 Å². The Morgan fingerprint density at radius 2 is 2.22 bits per heavy atom. The van der Waals surface area contributed by atoms with Crippen LogP contribution in [-0.2, 0) is 4.74 Å². The summed E-state index contributed by atoms with van der Waals surface area (Å²) in [4.78, 5) is 2.12. The van der Waals surface area contributed by atoms with Gasteiger partial charge < -0.3 is 15.0 Å². The molecular formula is C13H18FN3O. The van der Waals surface area contributed by atoms with Gasteiger partial charge in [0.2, 0.25) is 0 Å². The van der Waals surface area contributed by atoms with Crippen LogP contribution in [-0.4, -0.2) is 45.3 Å². The quantitative estimate of drug-likeness (QED) is 0.801. The molecule has 0 aliphatic carbocycles. The molecule has 0 spiro atoms. The third-order valence-corrected chi connectivity index (χ3v) is 2.59. The number of rotatable bonds is 7. The third kappa shape index (κ3) is 4.70. The normalized spacial score (nSPS) is 10.4. The lowest BCUT2D eigenvalue weighted by atomic mass is 10.2. The van der Waals surface area contributed by atoms with Crippen molar-refractivity contribution in [3.05, 3.63) is 29.6 Å². The number of ether oxygens (including phenoxy) is 1. The largest absolute Gasteiger partial charge is 0.383 e. The molecule has 1 aromatic rings. The summed E-state index contributed by atoms with van der Waals surface area (Å²) < 4.78 is 17.9. The van der Waals surface area contributed by atoms with E-state index in [9.17, 15) is 4.39 Å². The fourth-order valence-corrected chi connectivity index (χ4v) is 1.50. The Morgan fingerprint density at radius 3 is 2.89 bits per heavy atom. The summed E-state index contributed by atoms with van der Waals surface area (Å²) in [5, 5.41) is 12.0. The number of hydrogen-bond donors (Lipinski definition) is 1. The molecule has 0 aliphatic heterocycles. The van der Waals surface area contributed by atoms with Gasteiger partial charge in [-0.1, -0.05) is 0 Å². The number of nitriles is 1. The van der Waals surface area contributed by atoms with Crippen LogP contribution in [0.3, 0.4) is 0 Å². The molecule has 0 aromatic heterocycles. The highest BCUT2D eigenvalue weighted by molar-refractivity contribution is 5.57. The zero-order valence-corrected chi connectivity index (χ0v) is 10.7. The van der Waals surface area contributed by atoms with Crippen LogP contribution in [0.2, 0.25) is 0 Å². The predicted molar refractivity (Wildman–Crippen MR) is 69.0 cm³/mol. The number of nitrogens with one attached hydrogen (secondary N) is 1. The Bertz CT molecular complexity index is 417. The molecule has 0 atom stereocenters. The fraction of sp³-hybridized carbons (Fsp3) is 0.462. The first-order valence-electron chi connectivity index (χ1n) is 5.78. The molecule has 0 saturated carbocycles. The Balaban J connectivity index is 2.42. The first-order chi connectivity index (χ1) is 8.67. The van der Waals surface area contributed by atoms with Crippen LogP contribution in [0.5, 0.6) is 0 Å². The summed E-state index contributed by atoms with van der Waals surface area (Å²) >= 11 is 0. The van der Waals surface area contributed by atoms with Gasteiger partial charge >= 0.3 is 0 Å². The molecule has 1 N–H and O–H groups in total. The van der Waals surface area contributed by atoms with Crippen LogP contribution in [0.4, 0.5) is 10.1 Å². The number of hydrogen-bond acceptors (Lipinski definition) is 4. The molecule has 1 rings (SSSR count). The lowest BCUT2D eigenvalue weighted by Gasteiger charge is -2.17. The van der Waals surface area contributed by atoms with Crippen LogP contribution in [0.25, 0.3) is 0 Å². The van der Waals surface area contributed by atoms with Crippen LogP contribution in [0, 0.1) is 17.1 Å². The van der Waals surface area contributed by atoms with Gasteiger partial charge in [0.05, 0.1) is 17.9 Å². The van der Waals surface area contributed by atoms with Crippen molar-refractivity contribution in [1.29, 1.82) is 5.26 Å². The van der Waals surface area contributed by atoms with Crippen molar-refractivity contribution in [3.8, 4) is 6.07 Å². The van der Waals surface area contributed by atoms with E-state index in [0.717, 1.165) is 13.1 Å². The summed E-state index contributed by atoms with van der Waals surface area (Å²) in [6, 6.07) is 6.14. The Kier molecular flexibility index (Phi) is 6.12. The number of methoxy groups -OCH3 is 1. The first-order valence-corrected chi connectivity index (χ1v) is 5.78. The Labute approximate surface area is 107 Å². The number of anilines is 1. The monoisotopic (exact) mass is 251 g/mol. The first kappa shape index (κ1) is 14.4. The molecule has 0 amide bonds. The molecule has 0 unspecified atom stereocenters. The molecule has 5 heteroatoms. The predicted octanol–water partition coefficient (Wildman–Crippen LogP) is 1.69. The van der Waals surface area contributed by atoms with Gasteiger partial charge in [-0.05, 0) is 25.2 Å². The van der Waals surface area contributed by atoms with E-state index in [4.69, 9.17) is 10.00 Å². The standard InChI is InChI=1S/C13H18FN3O/c1-17(7-8-18-2)6-5-16-13-4-3-12(14)9-11(13)10-15/h3-4,9,16H,5-8H2,1-2H3. The SMILES string of the molecule is COCCN(C)CCNc1ccc(F)cc1C#N. The highest BCUT2D eigenvalue weighted by atomic mass is 19.1. The Hall–Kier alpha value is -1.64. The molecule has 18 heavy (non-hydrogen) atoms. The molecule has 98 valence electrons. The van der Waals surface area contributed by atoms with Gasteiger partial charge in [-0.25, -0.2) is 4.39 Å². The van der Waals surface area contributed by atoms with Gasteiger partial charge in [0.25, 0.3) is 0 Å². The summed E-state index contributed by atoms with van der Waals surface area (Å²) in [7, 11) is 3.67. The third-order valence-electron chi connectivity index (χ3n) is 2.59. The minimum Gasteiger partial charge on any atom is -0.383 e. The van der Waals surface area contributed by atoms with Gasteiger partial charge in [-0.3, -0.25) is 0 Å². The minimum atomic E-state index is -0.394. The average Bonchev–Trinajstić information content (AvgIpc) is 2.37. The number of benzene rings is 1. The number of nitrogens with zero attached hydrogens (tertiary/aromatic N) is 2. The second-order valence-corrected chi connectivity index (χ2v) is 4.02. The van der Waals surface area contributed by atoms with E-state index >= 15 is 0 Å². The van der Waals surface area contributed by atoms with Crippen LogP contribution < -0.4 is 5.32 Å². The van der Waals surface area contributed by atoms with Crippen molar-refractivity contribution in [2.75, 3.05) is 45.7 Å². The minimum absolute atomic E-state index is 0.328. The van der Waals surface area contributed by atoms with Crippen molar-refractivity contribution in [2.24, 2.45) is 0 Å². The second-order valence-electron chi connectivity index (χ2n) is 4.02. The van der Waals surface area contributed by atoms with Crippen molar-refractivity contribution in [1.82, 2.24) is 4.90 Å². The maximum atomic E-state index is 12.9. The smallest absolute Gasteiger partial charge is 0.124 e. The van der Waals surface area contributed by atoms with Crippen LogP contribution in [0.1, 0.15) is 5.56 Å². The number of likely N-dealkylation sites (N-methyl/N-ethyl adjacent to an activating group) is 1.